The van der Waals surface area contributed by atoms with Crippen LogP contribution in [-0.2, 0) is 9.53 Å². The van der Waals surface area contributed by atoms with E-state index in [9.17, 15) is 9.90 Å². The summed E-state index contributed by atoms with van der Waals surface area (Å²) in [6, 6.07) is 0. The molecule has 3 nitrogen and oxygen atoms in total. The quantitative estimate of drug-likeness (QED) is 0.716. The molecule has 1 aliphatic carbocycles. The molecule has 0 amide bonds. The van der Waals surface area contributed by atoms with Crippen molar-refractivity contribution in [3.05, 3.63) is 0 Å². The van der Waals surface area contributed by atoms with Crippen LogP contribution in [0, 0.1) is 11.8 Å². The fraction of sp³-hybridized carbons (Fsp3) is 0.917. The Hall–Kier alpha value is -0.570. The van der Waals surface area contributed by atoms with Crippen LogP contribution in [-0.4, -0.2) is 22.3 Å². The molecule has 15 heavy (non-hydrogen) atoms. The van der Waals surface area contributed by atoms with E-state index in [1.165, 1.54) is 0 Å². The van der Waals surface area contributed by atoms with Gasteiger partial charge in [-0.3, -0.25) is 4.79 Å². The number of hydrogen-bond donors (Lipinski definition) is 1. The normalized spacial score (nSPS) is 33.1. The van der Waals surface area contributed by atoms with E-state index in [2.05, 4.69) is 6.92 Å². The summed E-state index contributed by atoms with van der Waals surface area (Å²) >= 11 is 0. The van der Waals surface area contributed by atoms with Crippen molar-refractivity contribution in [1.82, 2.24) is 0 Å². The van der Waals surface area contributed by atoms with Crippen LogP contribution in [0.1, 0.15) is 47.5 Å². The number of carbonyl (C=O) groups is 1. The molecule has 1 unspecified atom stereocenters. The molecule has 1 saturated carbocycles. The first kappa shape index (κ1) is 12.5. The second-order valence-corrected chi connectivity index (χ2v) is 5.87. The fourth-order valence-electron chi connectivity index (χ4n) is 2.11. The lowest BCUT2D eigenvalue weighted by Gasteiger charge is -2.45. The van der Waals surface area contributed by atoms with Gasteiger partial charge in [-0.05, 0) is 46.5 Å². The predicted molar refractivity (Wildman–Crippen MR) is 58.4 cm³/mol. The third-order valence-electron chi connectivity index (χ3n) is 2.97. The number of esters is 1. The monoisotopic (exact) mass is 214 g/mol. The van der Waals surface area contributed by atoms with Crippen molar-refractivity contribution in [3.63, 3.8) is 0 Å². The molecule has 0 aliphatic heterocycles. The maximum Gasteiger partial charge on any atom is 0.312 e. The highest BCUT2D eigenvalue weighted by atomic mass is 16.6. The third kappa shape index (κ3) is 2.94. The Morgan fingerprint density at radius 1 is 1.47 bits per heavy atom. The lowest BCUT2D eigenvalue weighted by Crippen LogP contribution is -2.51. The van der Waals surface area contributed by atoms with Crippen LogP contribution < -0.4 is 0 Å². The molecule has 1 atom stereocenters. The molecule has 0 saturated heterocycles. The largest absolute Gasteiger partial charge is 0.460 e. The predicted octanol–water partition coefficient (Wildman–Crippen LogP) is 2.13. The maximum absolute atomic E-state index is 11.7. The van der Waals surface area contributed by atoms with Gasteiger partial charge in [0, 0.05) is 0 Å². The Balaban J connectivity index is 2.54. The van der Waals surface area contributed by atoms with Gasteiger partial charge in [0.2, 0.25) is 0 Å². The second kappa shape index (κ2) is 3.78. The van der Waals surface area contributed by atoms with E-state index >= 15 is 0 Å². The van der Waals surface area contributed by atoms with Gasteiger partial charge in [-0.25, -0.2) is 0 Å². The Morgan fingerprint density at radius 2 is 1.93 bits per heavy atom. The fourth-order valence-corrected chi connectivity index (χ4v) is 2.11. The van der Waals surface area contributed by atoms with Crippen LogP contribution in [0.4, 0.5) is 0 Å². The van der Waals surface area contributed by atoms with E-state index in [4.69, 9.17) is 4.74 Å². The summed E-state index contributed by atoms with van der Waals surface area (Å²) in [5.74, 6) is -0.204. The minimum absolute atomic E-state index is 0.295. The zero-order valence-electron chi connectivity index (χ0n) is 10.3. The first-order valence-corrected chi connectivity index (χ1v) is 5.59. The Kier molecular flexibility index (Phi) is 3.15. The number of aliphatic hydroxyl groups is 1. The van der Waals surface area contributed by atoms with Crippen LogP contribution in [0.3, 0.4) is 0 Å². The van der Waals surface area contributed by atoms with Crippen molar-refractivity contribution >= 4 is 5.97 Å². The van der Waals surface area contributed by atoms with Gasteiger partial charge in [-0.2, -0.15) is 0 Å². The van der Waals surface area contributed by atoms with E-state index in [-0.39, 0.29) is 5.97 Å². The molecule has 3 heteroatoms. The van der Waals surface area contributed by atoms with Crippen LogP contribution in [0.15, 0.2) is 0 Å². The molecular weight excluding hydrogens is 192 g/mol. The number of rotatable bonds is 2. The summed E-state index contributed by atoms with van der Waals surface area (Å²) in [4.78, 5) is 11.7. The summed E-state index contributed by atoms with van der Waals surface area (Å²) in [7, 11) is 0. The van der Waals surface area contributed by atoms with Crippen molar-refractivity contribution in [1.29, 1.82) is 0 Å². The molecule has 1 aliphatic rings. The molecular formula is C12H22O3. The molecule has 0 spiro atoms. The second-order valence-electron chi connectivity index (χ2n) is 5.87. The van der Waals surface area contributed by atoms with Crippen LogP contribution in [0.25, 0.3) is 0 Å². The van der Waals surface area contributed by atoms with Gasteiger partial charge in [0.15, 0.2) is 0 Å². The lowest BCUT2D eigenvalue weighted by atomic mass is 9.66. The average molecular weight is 214 g/mol. The molecule has 1 fully saturated rings. The number of ether oxygens (including phenoxy) is 1. The molecule has 1 rings (SSSR count). The van der Waals surface area contributed by atoms with Gasteiger partial charge >= 0.3 is 5.97 Å². The molecule has 0 aromatic carbocycles. The van der Waals surface area contributed by atoms with Crippen molar-refractivity contribution in [2.24, 2.45) is 11.8 Å². The van der Waals surface area contributed by atoms with Gasteiger partial charge in [-0.1, -0.05) is 6.92 Å². The summed E-state index contributed by atoms with van der Waals surface area (Å²) in [6.07, 6.45) is 1.40. The average Bonchev–Trinajstić information content (AvgIpc) is 1.97. The molecule has 0 radical (unpaired) electrons. The highest BCUT2D eigenvalue weighted by Crippen LogP contribution is 2.43. The standard InChI is InChI=1S/C12H22O3/c1-8-6-12(14,7-8)9(2)10(13)15-11(3,4)5/h8-9,14H,6-7H2,1-5H3. The zero-order valence-corrected chi connectivity index (χ0v) is 10.3. The van der Waals surface area contributed by atoms with Gasteiger partial charge in [-0.15, -0.1) is 0 Å². The summed E-state index contributed by atoms with van der Waals surface area (Å²) in [5, 5.41) is 10.1. The van der Waals surface area contributed by atoms with Gasteiger partial charge in [0.05, 0.1) is 11.5 Å². The van der Waals surface area contributed by atoms with Crippen LogP contribution in [0.2, 0.25) is 0 Å². The van der Waals surface area contributed by atoms with E-state index < -0.39 is 17.1 Å². The van der Waals surface area contributed by atoms with Crippen molar-refractivity contribution < 1.29 is 14.6 Å². The molecule has 88 valence electrons. The van der Waals surface area contributed by atoms with E-state index in [0.717, 1.165) is 0 Å². The van der Waals surface area contributed by atoms with E-state index in [0.29, 0.717) is 18.8 Å². The SMILES string of the molecule is CC1CC(O)(C(C)C(=O)OC(C)(C)C)C1. The zero-order chi connectivity index (χ0) is 11.9. The summed E-state index contributed by atoms with van der Waals surface area (Å²) < 4.78 is 5.26. The Morgan fingerprint density at radius 3 is 2.27 bits per heavy atom. The molecule has 0 aromatic rings. The Labute approximate surface area is 91.8 Å². The summed E-state index contributed by atoms with van der Waals surface area (Å²) in [6.45, 7) is 9.34. The van der Waals surface area contributed by atoms with Gasteiger partial charge < -0.3 is 9.84 Å². The van der Waals surface area contributed by atoms with Crippen LogP contribution in [0.5, 0.6) is 0 Å². The minimum Gasteiger partial charge on any atom is -0.460 e. The lowest BCUT2D eigenvalue weighted by molar-refractivity contribution is -0.179. The van der Waals surface area contributed by atoms with E-state index in [1.807, 2.05) is 20.8 Å². The topological polar surface area (TPSA) is 46.5 Å². The van der Waals surface area contributed by atoms with Gasteiger partial charge in [0.1, 0.15) is 5.60 Å². The van der Waals surface area contributed by atoms with Crippen molar-refractivity contribution in [3.8, 4) is 0 Å². The number of carbonyl (C=O) groups excluding carboxylic acids is 1. The highest BCUT2D eigenvalue weighted by Gasteiger charge is 2.48. The number of hydrogen-bond acceptors (Lipinski definition) is 3. The third-order valence-corrected chi connectivity index (χ3v) is 2.97. The molecule has 1 N–H and O–H groups in total. The summed E-state index contributed by atoms with van der Waals surface area (Å²) in [5.41, 5.74) is -1.31. The minimum atomic E-state index is -0.832. The first-order chi connectivity index (χ1) is 6.64. The maximum atomic E-state index is 11.7. The van der Waals surface area contributed by atoms with Gasteiger partial charge in [0.25, 0.3) is 0 Å². The molecule has 0 aromatic heterocycles. The highest BCUT2D eigenvalue weighted by molar-refractivity contribution is 5.74. The Bertz CT molecular complexity index is 246. The molecule has 0 bridgehead atoms. The molecule has 0 heterocycles. The first-order valence-electron chi connectivity index (χ1n) is 5.59. The smallest absolute Gasteiger partial charge is 0.312 e. The van der Waals surface area contributed by atoms with Crippen molar-refractivity contribution in [2.45, 2.75) is 58.7 Å². The van der Waals surface area contributed by atoms with Crippen molar-refractivity contribution in [2.75, 3.05) is 0 Å². The van der Waals surface area contributed by atoms with E-state index in [1.54, 1.807) is 6.92 Å². The van der Waals surface area contributed by atoms with Crippen LogP contribution >= 0.6 is 0 Å².